The van der Waals surface area contributed by atoms with Gasteiger partial charge in [0.25, 0.3) is 0 Å². The molecule has 2 N–H and O–H groups in total. The quantitative estimate of drug-likeness (QED) is 0.819. The summed E-state index contributed by atoms with van der Waals surface area (Å²) >= 11 is 0. The van der Waals surface area contributed by atoms with E-state index in [-0.39, 0.29) is 0 Å². The van der Waals surface area contributed by atoms with Crippen molar-refractivity contribution < 1.29 is 18.7 Å². The molecular formula is C12H13NO4. The Morgan fingerprint density at radius 3 is 2.71 bits per heavy atom. The Hall–Kier alpha value is -2.01. The van der Waals surface area contributed by atoms with Gasteiger partial charge >= 0.3 is 5.97 Å². The second-order valence-electron chi connectivity index (χ2n) is 3.51. The molecule has 2 rings (SSSR count). The summed E-state index contributed by atoms with van der Waals surface area (Å²) in [4.78, 5) is 11.5. The fraction of sp³-hybridized carbons (Fsp3) is 0.250. The maximum Gasteiger partial charge on any atom is 0.338 e. The van der Waals surface area contributed by atoms with E-state index in [1.807, 2.05) is 0 Å². The Bertz CT molecular complexity index is 559. The lowest BCUT2D eigenvalue weighted by atomic mass is 10.1. The average Bonchev–Trinajstić information content (AvgIpc) is 2.79. The summed E-state index contributed by atoms with van der Waals surface area (Å²) in [6.07, 6.45) is 0. The van der Waals surface area contributed by atoms with E-state index in [0.717, 1.165) is 5.39 Å². The third kappa shape index (κ3) is 1.97. The van der Waals surface area contributed by atoms with Crippen LogP contribution in [0.2, 0.25) is 0 Å². The first-order valence-corrected chi connectivity index (χ1v) is 5.08. The van der Waals surface area contributed by atoms with Crippen LogP contribution < -0.4 is 10.5 Å². The van der Waals surface area contributed by atoms with Crippen molar-refractivity contribution in [3.05, 3.63) is 29.5 Å². The molecule has 0 saturated carbocycles. The number of rotatable bonds is 3. The lowest BCUT2D eigenvalue weighted by Gasteiger charge is -2.04. The van der Waals surface area contributed by atoms with Gasteiger partial charge in [-0.2, -0.15) is 0 Å². The maximum atomic E-state index is 11.5. The number of fused-ring (bicyclic) bond motifs is 1. The van der Waals surface area contributed by atoms with Gasteiger partial charge in [0.15, 0.2) is 11.3 Å². The van der Waals surface area contributed by atoms with Gasteiger partial charge in [-0.3, -0.25) is 0 Å². The minimum Gasteiger partial charge on any atom is -0.493 e. The van der Waals surface area contributed by atoms with Crippen LogP contribution in [0.1, 0.15) is 16.1 Å². The van der Waals surface area contributed by atoms with Crippen molar-refractivity contribution in [1.82, 2.24) is 0 Å². The van der Waals surface area contributed by atoms with Gasteiger partial charge in [0.2, 0.25) is 0 Å². The fourth-order valence-corrected chi connectivity index (χ4v) is 1.66. The summed E-state index contributed by atoms with van der Waals surface area (Å²) in [6.45, 7) is 0.297. The number of benzene rings is 1. The highest BCUT2D eigenvalue weighted by Gasteiger charge is 2.14. The molecule has 0 bridgehead atoms. The summed E-state index contributed by atoms with van der Waals surface area (Å²) < 4.78 is 15.4. The van der Waals surface area contributed by atoms with Crippen molar-refractivity contribution in [2.45, 2.75) is 6.54 Å². The second kappa shape index (κ2) is 4.47. The number of hydrogen-bond acceptors (Lipinski definition) is 5. The molecule has 17 heavy (non-hydrogen) atoms. The molecule has 0 radical (unpaired) electrons. The van der Waals surface area contributed by atoms with Crippen LogP contribution in [-0.4, -0.2) is 20.2 Å². The zero-order valence-electron chi connectivity index (χ0n) is 9.65. The maximum absolute atomic E-state index is 11.5. The van der Waals surface area contributed by atoms with Crippen LogP contribution in [0, 0.1) is 0 Å². The minimum absolute atomic E-state index is 0.297. The van der Waals surface area contributed by atoms with E-state index >= 15 is 0 Å². The first-order valence-electron chi connectivity index (χ1n) is 5.08. The SMILES string of the molecule is COC(=O)c1cc(OC)c2oc(CN)cc2c1. The Balaban J connectivity index is 2.64. The molecule has 0 unspecified atom stereocenters. The van der Waals surface area contributed by atoms with E-state index in [4.69, 9.17) is 14.9 Å². The topological polar surface area (TPSA) is 74.7 Å². The number of carbonyl (C=O) groups excluding carboxylic acids is 1. The van der Waals surface area contributed by atoms with Crippen molar-refractivity contribution >= 4 is 16.9 Å². The largest absolute Gasteiger partial charge is 0.493 e. The summed E-state index contributed by atoms with van der Waals surface area (Å²) in [5.41, 5.74) is 6.50. The summed E-state index contributed by atoms with van der Waals surface area (Å²) in [5, 5.41) is 0.769. The van der Waals surface area contributed by atoms with E-state index in [2.05, 4.69) is 4.74 Å². The monoisotopic (exact) mass is 235 g/mol. The van der Waals surface area contributed by atoms with Crippen molar-refractivity contribution in [1.29, 1.82) is 0 Å². The Morgan fingerprint density at radius 2 is 2.12 bits per heavy atom. The van der Waals surface area contributed by atoms with Gasteiger partial charge in [0.05, 0.1) is 26.3 Å². The molecule has 5 nitrogen and oxygen atoms in total. The second-order valence-corrected chi connectivity index (χ2v) is 3.51. The molecule has 0 atom stereocenters. The van der Waals surface area contributed by atoms with Gasteiger partial charge in [0.1, 0.15) is 5.76 Å². The van der Waals surface area contributed by atoms with Gasteiger partial charge in [0, 0.05) is 5.39 Å². The van der Waals surface area contributed by atoms with E-state index in [9.17, 15) is 4.79 Å². The average molecular weight is 235 g/mol. The van der Waals surface area contributed by atoms with Crippen molar-refractivity contribution in [2.75, 3.05) is 14.2 Å². The van der Waals surface area contributed by atoms with Crippen LogP contribution >= 0.6 is 0 Å². The highest BCUT2D eigenvalue weighted by molar-refractivity contribution is 5.96. The predicted octanol–water partition coefficient (Wildman–Crippen LogP) is 1.69. The van der Waals surface area contributed by atoms with Crippen LogP contribution in [0.3, 0.4) is 0 Å². The third-order valence-corrected chi connectivity index (χ3v) is 2.48. The van der Waals surface area contributed by atoms with E-state index in [1.54, 1.807) is 18.2 Å². The predicted molar refractivity (Wildman–Crippen MR) is 62.0 cm³/mol. The first kappa shape index (κ1) is 11.5. The molecule has 1 aromatic carbocycles. The standard InChI is InChI=1S/C12H13NO4/c1-15-10-5-8(12(14)16-2)3-7-4-9(6-13)17-11(7)10/h3-5H,6,13H2,1-2H3. The first-order chi connectivity index (χ1) is 8.19. The third-order valence-electron chi connectivity index (χ3n) is 2.48. The lowest BCUT2D eigenvalue weighted by Crippen LogP contribution is -2.01. The molecule has 1 heterocycles. The van der Waals surface area contributed by atoms with Crippen molar-refractivity contribution in [2.24, 2.45) is 5.73 Å². The smallest absolute Gasteiger partial charge is 0.338 e. The lowest BCUT2D eigenvalue weighted by molar-refractivity contribution is 0.0600. The number of nitrogens with two attached hydrogens (primary N) is 1. The molecule has 90 valence electrons. The van der Waals surface area contributed by atoms with Crippen LogP contribution in [0.5, 0.6) is 5.75 Å². The molecule has 0 spiro atoms. The molecule has 0 amide bonds. The number of carbonyl (C=O) groups is 1. The van der Waals surface area contributed by atoms with Crippen molar-refractivity contribution in [3.63, 3.8) is 0 Å². The molecule has 5 heteroatoms. The van der Waals surface area contributed by atoms with Gasteiger partial charge in [-0.15, -0.1) is 0 Å². The molecule has 2 aromatic rings. The zero-order chi connectivity index (χ0) is 12.4. The zero-order valence-corrected chi connectivity index (χ0v) is 9.65. The van der Waals surface area contributed by atoms with Crippen LogP contribution in [0.15, 0.2) is 22.6 Å². The number of esters is 1. The number of hydrogen-bond donors (Lipinski definition) is 1. The Kier molecular flexibility index (Phi) is 3.01. The normalized spacial score (nSPS) is 10.5. The molecule has 0 aliphatic rings. The molecule has 0 fully saturated rings. The molecule has 0 saturated heterocycles. The van der Waals surface area contributed by atoms with Gasteiger partial charge in [-0.05, 0) is 18.2 Å². The molecule has 1 aromatic heterocycles. The molecule has 0 aliphatic heterocycles. The Morgan fingerprint density at radius 1 is 1.35 bits per heavy atom. The minimum atomic E-state index is -0.416. The Labute approximate surface area is 98.1 Å². The van der Waals surface area contributed by atoms with E-state index in [1.165, 1.54) is 14.2 Å². The number of furan rings is 1. The summed E-state index contributed by atoms with van der Waals surface area (Å²) in [7, 11) is 2.85. The van der Waals surface area contributed by atoms with Crippen LogP contribution in [-0.2, 0) is 11.3 Å². The fourth-order valence-electron chi connectivity index (χ4n) is 1.66. The highest BCUT2D eigenvalue weighted by Crippen LogP contribution is 2.30. The highest BCUT2D eigenvalue weighted by atomic mass is 16.5. The number of ether oxygens (including phenoxy) is 2. The van der Waals surface area contributed by atoms with Gasteiger partial charge < -0.3 is 19.6 Å². The number of methoxy groups -OCH3 is 2. The van der Waals surface area contributed by atoms with Crippen LogP contribution in [0.4, 0.5) is 0 Å². The summed E-state index contributed by atoms with van der Waals surface area (Å²) in [5.74, 6) is 0.712. The van der Waals surface area contributed by atoms with E-state index < -0.39 is 5.97 Å². The van der Waals surface area contributed by atoms with Crippen molar-refractivity contribution in [3.8, 4) is 5.75 Å². The molecule has 0 aliphatic carbocycles. The van der Waals surface area contributed by atoms with Gasteiger partial charge in [-0.1, -0.05) is 0 Å². The molecular weight excluding hydrogens is 222 g/mol. The van der Waals surface area contributed by atoms with Gasteiger partial charge in [-0.25, -0.2) is 4.79 Å². The van der Waals surface area contributed by atoms with E-state index in [0.29, 0.717) is 29.2 Å². The van der Waals surface area contributed by atoms with Crippen LogP contribution in [0.25, 0.3) is 11.0 Å². The summed E-state index contributed by atoms with van der Waals surface area (Å²) in [6, 6.07) is 5.05.